The summed E-state index contributed by atoms with van der Waals surface area (Å²) in [5.74, 6) is -0.0774. The summed E-state index contributed by atoms with van der Waals surface area (Å²) in [6, 6.07) is 7.09. The molecule has 0 radical (unpaired) electrons. The van der Waals surface area contributed by atoms with Crippen molar-refractivity contribution in [3.63, 3.8) is 0 Å². The molecule has 0 spiro atoms. The molecular weight excluding hydrogens is 476 g/mol. The lowest BCUT2D eigenvalue weighted by Gasteiger charge is -2.38. The molecule has 5 rings (SSSR count). The van der Waals surface area contributed by atoms with Crippen LogP contribution in [0.5, 0.6) is 0 Å². The number of nitrogens with one attached hydrogen (secondary N) is 3. The maximum atomic E-state index is 13.3. The minimum Gasteiger partial charge on any atom is -0.447 e. The van der Waals surface area contributed by atoms with Gasteiger partial charge in [-0.2, -0.15) is 0 Å². The van der Waals surface area contributed by atoms with E-state index in [0.717, 1.165) is 18.4 Å². The van der Waals surface area contributed by atoms with Gasteiger partial charge in [-0.3, -0.25) is 14.4 Å². The molecule has 0 aromatic carbocycles. The van der Waals surface area contributed by atoms with Gasteiger partial charge in [0.15, 0.2) is 5.58 Å². The standard InChI is InChI=1S/C26H30N6O5/c1-15-3-9-20(28-13-15)30-26(35)24-23(22-18(37-24)8-10-19(27-2)29-22)31-25(34)16-4-6-17(7-5-16)32-11-12-36-14-21(32)33/h3,8-10,13,16-17H,4-7,11-12,14H2,1-2H3,(H,27,29)(H,31,34)(H,28,30,35)/t16-,17-. The second-order valence-corrected chi connectivity index (χ2v) is 9.41. The fourth-order valence-corrected chi connectivity index (χ4v) is 4.90. The number of morpholine rings is 1. The molecule has 2 fully saturated rings. The summed E-state index contributed by atoms with van der Waals surface area (Å²) in [4.78, 5) is 49.3. The van der Waals surface area contributed by atoms with Crippen molar-refractivity contribution in [3.8, 4) is 0 Å². The Balaban J connectivity index is 1.34. The highest BCUT2D eigenvalue weighted by Crippen LogP contribution is 2.34. The van der Waals surface area contributed by atoms with Crippen LogP contribution >= 0.6 is 0 Å². The SMILES string of the molecule is CNc1ccc2oc(C(=O)Nc3ccc(C)cn3)c(NC(=O)[C@H]3CC[C@H](N4CCOCC4=O)CC3)c2n1. The van der Waals surface area contributed by atoms with Crippen LogP contribution in [0, 0.1) is 12.8 Å². The van der Waals surface area contributed by atoms with Gasteiger partial charge in [-0.1, -0.05) is 6.07 Å². The van der Waals surface area contributed by atoms with Crippen molar-refractivity contribution in [2.75, 3.05) is 42.8 Å². The number of fused-ring (bicyclic) bond motifs is 1. The molecule has 1 aliphatic carbocycles. The van der Waals surface area contributed by atoms with Gasteiger partial charge in [0, 0.05) is 31.7 Å². The van der Waals surface area contributed by atoms with Gasteiger partial charge >= 0.3 is 0 Å². The average Bonchev–Trinajstić information content (AvgIpc) is 3.28. The monoisotopic (exact) mass is 506 g/mol. The smallest absolute Gasteiger partial charge is 0.294 e. The van der Waals surface area contributed by atoms with Crippen LogP contribution in [0.2, 0.25) is 0 Å². The second kappa shape index (κ2) is 10.6. The Labute approximate surface area is 214 Å². The first kappa shape index (κ1) is 24.7. The maximum absolute atomic E-state index is 13.3. The summed E-state index contributed by atoms with van der Waals surface area (Å²) < 4.78 is 11.1. The third kappa shape index (κ3) is 5.26. The fourth-order valence-electron chi connectivity index (χ4n) is 4.90. The van der Waals surface area contributed by atoms with Gasteiger partial charge in [0.2, 0.25) is 17.6 Å². The summed E-state index contributed by atoms with van der Waals surface area (Å²) in [5, 5.41) is 8.63. The lowest BCUT2D eigenvalue weighted by atomic mass is 9.84. The zero-order chi connectivity index (χ0) is 25.9. The topological polar surface area (TPSA) is 139 Å². The number of carbonyl (C=O) groups is 3. The molecule has 3 aromatic heterocycles. The van der Waals surface area contributed by atoms with Crippen molar-refractivity contribution in [1.82, 2.24) is 14.9 Å². The van der Waals surface area contributed by atoms with Crippen LogP contribution in [-0.2, 0) is 14.3 Å². The largest absolute Gasteiger partial charge is 0.447 e. The molecular formula is C26H30N6O5. The quantitative estimate of drug-likeness (QED) is 0.463. The lowest BCUT2D eigenvalue weighted by Crippen LogP contribution is -2.49. The maximum Gasteiger partial charge on any atom is 0.294 e. The highest BCUT2D eigenvalue weighted by atomic mass is 16.5. The van der Waals surface area contributed by atoms with E-state index in [4.69, 9.17) is 9.15 Å². The average molecular weight is 507 g/mol. The number of ether oxygens (including phenoxy) is 1. The van der Waals surface area contributed by atoms with E-state index >= 15 is 0 Å². The van der Waals surface area contributed by atoms with Crippen molar-refractivity contribution in [1.29, 1.82) is 0 Å². The Morgan fingerprint density at radius 2 is 1.84 bits per heavy atom. The van der Waals surface area contributed by atoms with E-state index < -0.39 is 5.91 Å². The summed E-state index contributed by atoms with van der Waals surface area (Å²) >= 11 is 0. The summed E-state index contributed by atoms with van der Waals surface area (Å²) in [6.45, 7) is 3.17. The van der Waals surface area contributed by atoms with Crippen molar-refractivity contribution in [2.24, 2.45) is 5.92 Å². The number of carbonyl (C=O) groups excluding carboxylic acids is 3. The molecule has 2 aliphatic rings. The van der Waals surface area contributed by atoms with E-state index in [1.165, 1.54) is 0 Å². The number of pyridine rings is 2. The van der Waals surface area contributed by atoms with E-state index in [0.29, 0.717) is 48.7 Å². The number of amides is 3. The normalized spacial score (nSPS) is 20.1. The van der Waals surface area contributed by atoms with E-state index in [2.05, 4.69) is 25.9 Å². The zero-order valence-electron chi connectivity index (χ0n) is 20.9. The number of nitrogens with zero attached hydrogens (tertiary/aromatic N) is 3. The van der Waals surface area contributed by atoms with Crippen LogP contribution in [0.3, 0.4) is 0 Å². The van der Waals surface area contributed by atoms with Crippen molar-refractivity contribution >= 4 is 46.1 Å². The van der Waals surface area contributed by atoms with Gasteiger partial charge in [-0.05, 0) is 56.4 Å². The van der Waals surface area contributed by atoms with Crippen LogP contribution in [0.15, 0.2) is 34.9 Å². The van der Waals surface area contributed by atoms with Gasteiger partial charge < -0.3 is 30.0 Å². The molecule has 4 heterocycles. The summed E-state index contributed by atoms with van der Waals surface area (Å²) in [5.41, 5.74) is 1.96. The molecule has 3 aromatic rings. The van der Waals surface area contributed by atoms with Gasteiger partial charge in [-0.15, -0.1) is 0 Å². The molecule has 3 amide bonds. The first-order chi connectivity index (χ1) is 17.9. The Kier molecular flexibility index (Phi) is 7.04. The molecule has 1 saturated heterocycles. The fraction of sp³-hybridized carbons (Fsp3) is 0.423. The number of hydrogen-bond donors (Lipinski definition) is 3. The van der Waals surface area contributed by atoms with E-state index in [9.17, 15) is 14.4 Å². The Morgan fingerprint density at radius 3 is 2.54 bits per heavy atom. The van der Waals surface area contributed by atoms with Crippen molar-refractivity contribution in [2.45, 2.75) is 38.6 Å². The minimum absolute atomic E-state index is 0.00847. The van der Waals surface area contributed by atoms with Gasteiger partial charge in [0.25, 0.3) is 5.91 Å². The van der Waals surface area contributed by atoms with Crippen LogP contribution < -0.4 is 16.0 Å². The van der Waals surface area contributed by atoms with E-state index in [1.807, 2.05) is 17.9 Å². The number of hydrogen-bond acceptors (Lipinski definition) is 8. The van der Waals surface area contributed by atoms with Crippen molar-refractivity contribution in [3.05, 3.63) is 41.8 Å². The third-order valence-corrected chi connectivity index (χ3v) is 6.93. The van der Waals surface area contributed by atoms with E-state index in [1.54, 1.807) is 31.4 Å². The van der Waals surface area contributed by atoms with Crippen LogP contribution in [0.25, 0.3) is 11.1 Å². The van der Waals surface area contributed by atoms with Crippen LogP contribution in [0.4, 0.5) is 17.3 Å². The van der Waals surface area contributed by atoms with Crippen LogP contribution in [-0.4, -0.2) is 65.4 Å². The molecule has 0 bridgehead atoms. The number of aryl methyl sites for hydroxylation is 1. The number of furan rings is 1. The molecule has 194 valence electrons. The van der Waals surface area contributed by atoms with E-state index in [-0.39, 0.29) is 41.8 Å². The van der Waals surface area contributed by atoms with Gasteiger partial charge in [-0.25, -0.2) is 9.97 Å². The third-order valence-electron chi connectivity index (χ3n) is 6.93. The number of rotatable bonds is 6. The second-order valence-electron chi connectivity index (χ2n) is 9.41. The first-order valence-electron chi connectivity index (χ1n) is 12.5. The lowest BCUT2D eigenvalue weighted by molar-refractivity contribution is -0.146. The highest BCUT2D eigenvalue weighted by Gasteiger charge is 2.34. The summed E-state index contributed by atoms with van der Waals surface area (Å²) in [7, 11) is 1.74. The predicted octanol–water partition coefficient (Wildman–Crippen LogP) is 3.18. The highest BCUT2D eigenvalue weighted by molar-refractivity contribution is 6.13. The van der Waals surface area contributed by atoms with Gasteiger partial charge in [0.1, 0.15) is 29.4 Å². The molecule has 11 heteroatoms. The molecule has 37 heavy (non-hydrogen) atoms. The molecule has 0 unspecified atom stereocenters. The number of aromatic nitrogens is 2. The Morgan fingerprint density at radius 1 is 1.05 bits per heavy atom. The van der Waals surface area contributed by atoms with Gasteiger partial charge in [0.05, 0.1) is 6.61 Å². The molecule has 3 N–H and O–H groups in total. The number of anilines is 3. The molecule has 11 nitrogen and oxygen atoms in total. The van der Waals surface area contributed by atoms with Crippen molar-refractivity contribution < 1.29 is 23.5 Å². The zero-order valence-corrected chi connectivity index (χ0v) is 20.9. The Bertz CT molecular complexity index is 1310. The molecule has 1 saturated carbocycles. The minimum atomic E-state index is -0.537. The Hall–Kier alpha value is -3.99. The van der Waals surface area contributed by atoms with Crippen LogP contribution in [0.1, 0.15) is 41.8 Å². The summed E-state index contributed by atoms with van der Waals surface area (Å²) in [6.07, 6.45) is 4.41. The molecule has 0 atom stereocenters. The predicted molar refractivity (Wildman–Crippen MR) is 137 cm³/mol. The molecule has 1 aliphatic heterocycles. The first-order valence-corrected chi connectivity index (χ1v) is 12.5.